The van der Waals surface area contributed by atoms with Crippen LogP contribution in [0.2, 0.25) is 0 Å². The van der Waals surface area contributed by atoms with E-state index in [-0.39, 0.29) is 6.61 Å². The maximum absolute atomic E-state index is 12.8. The van der Waals surface area contributed by atoms with Crippen molar-refractivity contribution in [1.82, 2.24) is 20.3 Å². The van der Waals surface area contributed by atoms with Crippen LogP contribution in [0.3, 0.4) is 0 Å². The number of amides is 3. The summed E-state index contributed by atoms with van der Waals surface area (Å²) in [6.07, 6.45) is 3.72. The number of aryl methyl sites for hydroxylation is 1. The zero-order valence-corrected chi connectivity index (χ0v) is 18.6. The number of likely N-dealkylation sites (N-methyl/N-ethyl adjacent to an activating group) is 2. The maximum Gasteiger partial charge on any atom is 0.275 e. The van der Waals surface area contributed by atoms with Gasteiger partial charge in [-0.15, -0.1) is 0 Å². The fraction of sp³-hybridized carbons (Fsp3) is 0.292. The van der Waals surface area contributed by atoms with Crippen LogP contribution in [-0.4, -0.2) is 64.2 Å². The molecular weight excluding hydrogens is 424 g/mol. The zero-order valence-electron chi connectivity index (χ0n) is 18.6. The van der Waals surface area contributed by atoms with Crippen LogP contribution in [-0.2, 0) is 16.1 Å². The summed E-state index contributed by atoms with van der Waals surface area (Å²) < 4.78 is 2.16. The molecule has 1 heterocycles. The third-order valence-electron chi connectivity index (χ3n) is 5.60. The number of benzene rings is 2. The van der Waals surface area contributed by atoms with E-state index in [0.717, 1.165) is 46.3 Å². The highest BCUT2D eigenvalue weighted by atomic mass is 16.5. The summed E-state index contributed by atoms with van der Waals surface area (Å²) in [7, 11) is 2.66. The number of nitrogens with one attached hydrogen (secondary N) is 2. The molecule has 0 aliphatic heterocycles. The maximum atomic E-state index is 12.8. The van der Waals surface area contributed by atoms with Gasteiger partial charge in [-0.25, -0.2) is 5.48 Å². The van der Waals surface area contributed by atoms with Crippen molar-refractivity contribution in [2.24, 2.45) is 0 Å². The minimum atomic E-state index is -1.50. The van der Waals surface area contributed by atoms with E-state index in [1.54, 1.807) is 12.1 Å². The smallest absolute Gasteiger partial charge is 0.275 e. The van der Waals surface area contributed by atoms with Crippen molar-refractivity contribution in [3.63, 3.8) is 0 Å². The molecule has 0 spiro atoms. The quantitative estimate of drug-likeness (QED) is 0.171. The molecule has 4 N–H and O–H groups in total. The number of carbonyl (C=O) groups is 3. The number of aliphatic hydroxyl groups excluding tert-OH is 1. The molecule has 174 valence electrons. The van der Waals surface area contributed by atoms with Gasteiger partial charge < -0.3 is 19.9 Å². The summed E-state index contributed by atoms with van der Waals surface area (Å²) >= 11 is 0. The van der Waals surface area contributed by atoms with Crippen molar-refractivity contribution >= 4 is 28.6 Å². The fourth-order valence-electron chi connectivity index (χ4n) is 3.76. The average molecular weight is 453 g/mol. The van der Waals surface area contributed by atoms with E-state index >= 15 is 0 Å². The summed E-state index contributed by atoms with van der Waals surface area (Å²) in [4.78, 5) is 37.7. The van der Waals surface area contributed by atoms with E-state index in [0.29, 0.717) is 5.56 Å². The normalized spacial score (nSPS) is 11.8. The minimum absolute atomic E-state index is 0.193. The third-order valence-corrected chi connectivity index (χ3v) is 5.60. The number of aromatic nitrogens is 1. The summed E-state index contributed by atoms with van der Waals surface area (Å²) in [6, 6.07) is 13.6. The Morgan fingerprint density at radius 1 is 1.00 bits per heavy atom. The first-order valence-electron chi connectivity index (χ1n) is 10.6. The average Bonchev–Trinajstić information content (AvgIpc) is 3.25. The van der Waals surface area contributed by atoms with Crippen LogP contribution in [0.5, 0.6) is 0 Å². The topological polar surface area (TPSA) is 124 Å². The van der Waals surface area contributed by atoms with Gasteiger partial charge in [-0.2, -0.15) is 0 Å². The number of fused-ring (bicyclic) bond motifs is 1. The van der Waals surface area contributed by atoms with Gasteiger partial charge in [0.1, 0.15) is 0 Å². The molecule has 0 saturated carbocycles. The molecule has 33 heavy (non-hydrogen) atoms. The molecule has 3 amide bonds. The van der Waals surface area contributed by atoms with Crippen molar-refractivity contribution in [2.45, 2.75) is 25.4 Å². The molecule has 1 unspecified atom stereocenters. The summed E-state index contributed by atoms with van der Waals surface area (Å²) in [5.74, 6) is -2.25. The number of aliphatic hydroxyl groups is 1. The van der Waals surface area contributed by atoms with Gasteiger partial charge in [0.05, 0.1) is 0 Å². The third kappa shape index (κ3) is 5.21. The Morgan fingerprint density at radius 2 is 1.70 bits per heavy atom. The van der Waals surface area contributed by atoms with E-state index in [4.69, 9.17) is 10.3 Å². The highest BCUT2D eigenvalue weighted by Gasteiger charge is 2.33. The Hall–Kier alpha value is -3.69. The van der Waals surface area contributed by atoms with E-state index in [9.17, 15) is 14.4 Å². The molecule has 9 nitrogen and oxygen atoms in total. The first-order chi connectivity index (χ1) is 15.9. The van der Waals surface area contributed by atoms with Gasteiger partial charge >= 0.3 is 0 Å². The monoisotopic (exact) mass is 452 g/mol. The summed E-state index contributed by atoms with van der Waals surface area (Å²) in [5.41, 5.74) is 4.75. The molecule has 2 aromatic carbocycles. The highest BCUT2D eigenvalue weighted by Crippen LogP contribution is 2.26. The second-order valence-corrected chi connectivity index (χ2v) is 7.70. The molecule has 0 fully saturated rings. The largest absolute Gasteiger partial charge is 0.396 e. The number of hydrogen-bond acceptors (Lipinski definition) is 5. The van der Waals surface area contributed by atoms with Gasteiger partial charge in [0.15, 0.2) is 6.04 Å². The molecule has 1 aromatic heterocycles. The molecule has 0 saturated heterocycles. The standard InChI is InChI=1S/C24H28N4O5/c1-25-22(30)21(23(31)26-33)27(2)24(32)17-7-5-16(6-8-17)18-9-10-20-19(15-18)11-13-28(20)12-3-4-14-29/h5-11,13,15,21,29,33H,3-4,12,14H2,1-2H3,(H,25,30)(H,26,31). The Kier molecular flexibility index (Phi) is 7.81. The molecule has 0 bridgehead atoms. The predicted molar refractivity (Wildman–Crippen MR) is 124 cm³/mol. The molecule has 3 rings (SSSR count). The van der Waals surface area contributed by atoms with E-state index < -0.39 is 23.8 Å². The number of carbonyl (C=O) groups excluding carboxylic acids is 3. The second kappa shape index (κ2) is 10.8. The first-order valence-corrected chi connectivity index (χ1v) is 10.6. The van der Waals surface area contributed by atoms with Gasteiger partial charge in [-0.1, -0.05) is 18.2 Å². The Bertz CT molecular complexity index is 1120. The highest BCUT2D eigenvalue weighted by molar-refractivity contribution is 6.08. The van der Waals surface area contributed by atoms with Crippen LogP contribution in [0.15, 0.2) is 54.7 Å². The lowest BCUT2D eigenvalue weighted by Crippen LogP contribution is -2.54. The van der Waals surface area contributed by atoms with Crippen LogP contribution >= 0.6 is 0 Å². The first kappa shape index (κ1) is 24.0. The molecule has 0 aliphatic rings. The Balaban J connectivity index is 1.79. The van der Waals surface area contributed by atoms with Crippen molar-refractivity contribution in [1.29, 1.82) is 0 Å². The number of hydrogen-bond donors (Lipinski definition) is 4. The minimum Gasteiger partial charge on any atom is -0.396 e. The summed E-state index contributed by atoms with van der Waals surface area (Å²) in [5, 5.41) is 21.3. The molecular formula is C24H28N4O5. The summed E-state index contributed by atoms with van der Waals surface area (Å²) in [6.45, 7) is 1.04. The molecule has 9 heteroatoms. The number of nitrogens with zero attached hydrogens (tertiary/aromatic N) is 2. The van der Waals surface area contributed by atoms with Crippen molar-refractivity contribution < 1.29 is 24.7 Å². The van der Waals surface area contributed by atoms with Gasteiger partial charge in [-0.05, 0) is 54.3 Å². The molecule has 3 aromatic rings. The molecule has 0 radical (unpaired) electrons. The lowest BCUT2D eigenvalue weighted by molar-refractivity contribution is -0.140. The Morgan fingerprint density at radius 3 is 2.33 bits per heavy atom. The van der Waals surface area contributed by atoms with Crippen LogP contribution in [0, 0.1) is 0 Å². The van der Waals surface area contributed by atoms with Gasteiger partial charge in [0.2, 0.25) is 0 Å². The van der Waals surface area contributed by atoms with Crippen molar-refractivity contribution in [3.05, 3.63) is 60.3 Å². The van der Waals surface area contributed by atoms with Crippen LogP contribution in [0.25, 0.3) is 22.0 Å². The predicted octanol–water partition coefficient (Wildman–Crippen LogP) is 1.77. The lowest BCUT2D eigenvalue weighted by Gasteiger charge is -2.25. The zero-order chi connectivity index (χ0) is 24.0. The number of rotatable bonds is 9. The van der Waals surface area contributed by atoms with Gasteiger partial charge in [0.25, 0.3) is 17.7 Å². The van der Waals surface area contributed by atoms with E-state index in [1.807, 2.05) is 24.4 Å². The van der Waals surface area contributed by atoms with Crippen LogP contribution in [0.1, 0.15) is 23.2 Å². The lowest BCUT2D eigenvalue weighted by atomic mass is 10.0. The molecule has 1 atom stereocenters. The van der Waals surface area contributed by atoms with Crippen LogP contribution < -0.4 is 10.8 Å². The van der Waals surface area contributed by atoms with Crippen LogP contribution in [0.4, 0.5) is 0 Å². The van der Waals surface area contributed by atoms with E-state index in [2.05, 4.69) is 28.1 Å². The van der Waals surface area contributed by atoms with Gasteiger partial charge in [0, 0.05) is 49.9 Å². The fourth-order valence-corrected chi connectivity index (χ4v) is 3.76. The number of hydroxylamine groups is 1. The number of unbranched alkanes of at least 4 members (excludes halogenated alkanes) is 1. The molecule has 0 aliphatic carbocycles. The van der Waals surface area contributed by atoms with Gasteiger partial charge in [-0.3, -0.25) is 19.6 Å². The van der Waals surface area contributed by atoms with Crippen molar-refractivity contribution in [2.75, 3.05) is 20.7 Å². The van der Waals surface area contributed by atoms with E-state index in [1.165, 1.54) is 19.6 Å². The van der Waals surface area contributed by atoms with Crippen molar-refractivity contribution in [3.8, 4) is 11.1 Å². The SMILES string of the molecule is CNC(=O)C(C(=O)NO)N(C)C(=O)c1ccc(-c2ccc3c(ccn3CCCCO)c2)cc1. The Labute approximate surface area is 191 Å². The second-order valence-electron chi connectivity index (χ2n) is 7.70.